The zero-order valence-corrected chi connectivity index (χ0v) is 42.3. The number of hydrogen-bond acceptors (Lipinski definition) is 6. The van der Waals surface area contributed by atoms with E-state index in [0.717, 1.165) is 23.7 Å². The fourth-order valence-corrected chi connectivity index (χ4v) is 13.4. The van der Waals surface area contributed by atoms with Crippen molar-refractivity contribution in [3.05, 3.63) is 0 Å². The molecule has 59 heavy (non-hydrogen) atoms. The second-order valence-electron chi connectivity index (χ2n) is 26.8. The van der Waals surface area contributed by atoms with Crippen molar-refractivity contribution in [2.45, 2.75) is 209 Å². The SMILES string of the molecule is CC(C)(CCC(C)(C)N1CCC2(CCN(C(C)(C)C)CC2)CC1)C1CCN(C[C@@H]2CCN(C(C)(C)CCC(C)(C)C3CCN(C[C@@H]4CCN(C(C)(C)C)C4)CC3)C2)CC1. The molecule has 0 bridgehead atoms. The molecule has 0 aliphatic carbocycles. The molecule has 0 N–H and O–H groups in total. The maximum Gasteiger partial charge on any atom is 0.0153 e. The van der Waals surface area contributed by atoms with Crippen LogP contribution in [0.5, 0.6) is 0 Å². The van der Waals surface area contributed by atoms with Gasteiger partial charge in [0.15, 0.2) is 0 Å². The van der Waals surface area contributed by atoms with Gasteiger partial charge in [-0.2, -0.15) is 0 Å². The van der Waals surface area contributed by atoms with E-state index in [-0.39, 0.29) is 0 Å². The summed E-state index contributed by atoms with van der Waals surface area (Å²) in [6.45, 7) is 53.5. The average Bonchev–Trinajstić information content (AvgIpc) is 3.85. The van der Waals surface area contributed by atoms with Crippen molar-refractivity contribution in [3.8, 4) is 0 Å². The van der Waals surface area contributed by atoms with Crippen molar-refractivity contribution in [2.24, 2.45) is 39.9 Å². The molecular weight excluding hydrogens is 721 g/mol. The predicted octanol–water partition coefficient (Wildman–Crippen LogP) is 11.0. The largest absolute Gasteiger partial charge is 0.303 e. The highest BCUT2D eigenvalue weighted by Gasteiger charge is 2.44. The quantitative estimate of drug-likeness (QED) is 0.173. The molecule has 2 atom stereocenters. The topological polar surface area (TPSA) is 19.4 Å². The standard InChI is InChI=1S/C53H102N6/c1-47(2,3)56-35-25-53(26-36-56)27-37-57(38-28-53)51(11,12)23-21-49(7,8)45-19-31-55(32-20-45)40-44-16-34-59(42-44)52(13,14)24-22-50(9,10)46-17-29-54(30-18-46)39-43-15-33-58(41-43)48(4,5)6/h43-46H,15-42H2,1-14H3/t43-,44-/m0/s1. The molecule has 0 aromatic rings. The molecule has 344 valence electrons. The molecule has 0 unspecified atom stereocenters. The second kappa shape index (κ2) is 18.7. The van der Waals surface area contributed by atoms with Crippen molar-refractivity contribution >= 4 is 0 Å². The van der Waals surface area contributed by atoms with Gasteiger partial charge in [-0.05, 0) is 264 Å². The van der Waals surface area contributed by atoms with Gasteiger partial charge in [0.1, 0.15) is 0 Å². The van der Waals surface area contributed by atoms with Crippen LogP contribution in [0.2, 0.25) is 0 Å². The first-order valence-electron chi connectivity index (χ1n) is 25.8. The van der Waals surface area contributed by atoms with E-state index in [1.54, 1.807) is 0 Å². The molecule has 6 heterocycles. The molecule has 6 fully saturated rings. The maximum atomic E-state index is 2.90. The maximum absolute atomic E-state index is 2.90. The van der Waals surface area contributed by atoms with E-state index in [1.807, 2.05) is 0 Å². The molecule has 6 rings (SSSR count). The number of piperidine rings is 4. The van der Waals surface area contributed by atoms with Crippen LogP contribution in [-0.2, 0) is 0 Å². The fraction of sp³-hybridized carbons (Fsp3) is 1.00. The van der Waals surface area contributed by atoms with E-state index in [2.05, 4.69) is 126 Å². The summed E-state index contributed by atoms with van der Waals surface area (Å²) in [7, 11) is 0. The summed E-state index contributed by atoms with van der Waals surface area (Å²) < 4.78 is 0. The Morgan fingerprint density at radius 2 is 0.729 bits per heavy atom. The van der Waals surface area contributed by atoms with Crippen LogP contribution >= 0.6 is 0 Å². The van der Waals surface area contributed by atoms with E-state index < -0.39 is 0 Å². The van der Waals surface area contributed by atoms with Crippen LogP contribution in [0, 0.1) is 39.9 Å². The van der Waals surface area contributed by atoms with Gasteiger partial charge < -0.3 is 9.80 Å². The third-order valence-electron chi connectivity index (χ3n) is 19.0. The van der Waals surface area contributed by atoms with Gasteiger partial charge in [-0.3, -0.25) is 19.6 Å². The Bertz CT molecular complexity index is 1290. The normalized spacial score (nSPS) is 28.4. The summed E-state index contributed by atoms with van der Waals surface area (Å²) in [6, 6.07) is 0. The minimum atomic E-state index is 0.304. The smallest absolute Gasteiger partial charge is 0.0153 e. The van der Waals surface area contributed by atoms with Gasteiger partial charge in [0.25, 0.3) is 0 Å². The number of hydrogen-bond donors (Lipinski definition) is 0. The minimum absolute atomic E-state index is 0.304. The average molecular weight is 823 g/mol. The zero-order valence-electron chi connectivity index (χ0n) is 42.3. The molecule has 6 aliphatic rings. The van der Waals surface area contributed by atoms with E-state index in [4.69, 9.17) is 0 Å². The molecule has 6 heteroatoms. The Hall–Kier alpha value is -0.240. The summed E-state index contributed by atoms with van der Waals surface area (Å²) in [6.07, 6.45) is 19.5. The van der Waals surface area contributed by atoms with Crippen LogP contribution in [0.4, 0.5) is 0 Å². The van der Waals surface area contributed by atoms with Gasteiger partial charge in [0, 0.05) is 48.3 Å². The second-order valence-corrected chi connectivity index (χ2v) is 26.8. The van der Waals surface area contributed by atoms with E-state index >= 15 is 0 Å². The van der Waals surface area contributed by atoms with Crippen LogP contribution in [0.1, 0.15) is 187 Å². The van der Waals surface area contributed by atoms with Crippen LogP contribution in [0.25, 0.3) is 0 Å². The number of rotatable bonds is 14. The van der Waals surface area contributed by atoms with Crippen molar-refractivity contribution in [1.29, 1.82) is 0 Å². The minimum Gasteiger partial charge on any atom is -0.303 e. The van der Waals surface area contributed by atoms with Gasteiger partial charge in [-0.1, -0.05) is 27.7 Å². The Kier molecular flexibility index (Phi) is 15.3. The fourth-order valence-electron chi connectivity index (χ4n) is 13.4. The molecular formula is C53H102N6. The van der Waals surface area contributed by atoms with Crippen LogP contribution in [-0.4, -0.2) is 143 Å². The molecule has 6 nitrogen and oxygen atoms in total. The first kappa shape index (κ1) is 48.2. The summed E-state index contributed by atoms with van der Waals surface area (Å²) in [5.41, 5.74) is 2.75. The highest BCUT2D eigenvalue weighted by Crippen LogP contribution is 2.46. The summed E-state index contributed by atoms with van der Waals surface area (Å²) in [4.78, 5) is 16.9. The Balaban J connectivity index is 0.861. The van der Waals surface area contributed by atoms with Crippen LogP contribution in [0.15, 0.2) is 0 Å². The van der Waals surface area contributed by atoms with E-state index in [9.17, 15) is 0 Å². The lowest BCUT2D eigenvalue weighted by atomic mass is 9.68. The first-order valence-corrected chi connectivity index (χ1v) is 25.8. The van der Waals surface area contributed by atoms with Crippen LogP contribution in [0.3, 0.4) is 0 Å². The Labute approximate surface area is 368 Å². The lowest BCUT2D eigenvalue weighted by Gasteiger charge is -2.53. The monoisotopic (exact) mass is 823 g/mol. The number of likely N-dealkylation sites (tertiary alicyclic amines) is 6. The third-order valence-corrected chi connectivity index (χ3v) is 19.0. The summed E-state index contributed by atoms with van der Waals surface area (Å²) >= 11 is 0. The molecule has 6 aliphatic heterocycles. The van der Waals surface area contributed by atoms with E-state index in [1.165, 1.54) is 182 Å². The van der Waals surface area contributed by atoms with Crippen molar-refractivity contribution in [3.63, 3.8) is 0 Å². The lowest BCUT2D eigenvalue weighted by molar-refractivity contribution is -0.0257. The van der Waals surface area contributed by atoms with Gasteiger partial charge in [0.05, 0.1) is 0 Å². The van der Waals surface area contributed by atoms with Crippen molar-refractivity contribution in [1.82, 2.24) is 29.4 Å². The Morgan fingerprint density at radius 1 is 0.373 bits per heavy atom. The summed E-state index contributed by atoms with van der Waals surface area (Å²) in [5.74, 6) is 3.46. The van der Waals surface area contributed by atoms with Crippen LogP contribution < -0.4 is 0 Å². The predicted molar refractivity (Wildman–Crippen MR) is 255 cm³/mol. The van der Waals surface area contributed by atoms with Gasteiger partial charge in [-0.25, -0.2) is 0 Å². The molecule has 0 radical (unpaired) electrons. The first-order chi connectivity index (χ1) is 27.4. The van der Waals surface area contributed by atoms with Crippen molar-refractivity contribution < 1.29 is 0 Å². The zero-order chi connectivity index (χ0) is 43.1. The number of nitrogens with zero attached hydrogens (tertiary/aromatic N) is 6. The highest BCUT2D eigenvalue weighted by molar-refractivity contribution is 4.98. The molecule has 6 saturated heterocycles. The molecule has 0 aromatic heterocycles. The summed E-state index contributed by atoms with van der Waals surface area (Å²) in [5, 5.41) is 0. The lowest BCUT2D eigenvalue weighted by Crippen LogP contribution is -2.55. The highest BCUT2D eigenvalue weighted by atomic mass is 15.2. The molecule has 0 amide bonds. The molecule has 0 aromatic carbocycles. The Morgan fingerprint density at radius 3 is 1.12 bits per heavy atom. The van der Waals surface area contributed by atoms with Gasteiger partial charge in [-0.15, -0.1) is 0 Å². The van der Waals surface area contributed by atoms with E-state index in [0.29, 0.717) is 38.4 Å². The van der Waals surface area contributed by atoms with Crippen molar-refractivity contribution in [2.75, 3.05) is 91.6 Å². The van der Waals surface area contributed by atoms with Gasteiger partial charge >= 0.3 is 0 Å². The molecule has 1 spiro atoms. The molecule has 0 saturated carbocycles. The third kappa shape index (κ3) is 12.5. The van der Waals surface area contributed by atoms with Gasteiger partial charge in [0.2, 0.25) is 0 Å².